The van der Waals surface area contributed by atoms with E-state index in [2.05, 4.69) is 47.2 Å². The second-order valence-corrected chi connectivity index (χ2v) is 14.9. The molecule has 6 rings (SSSR count). The molecule has 2 aromatic carbocycles. The van der Waals surface area contributed by atoms with Crippen molar-refractivity contribution in [3.05, 3.63) is 64.3 Å². The zero-order chi connectivity index (χ0) is 40.0. The van der Waals surface area contributed by atoms with Gasteiger partial charge in [0.05, 0.1) is 61.3 Å². The van der Waals surface area contributed by atoms with Crippen LogP contribution in [0.5, 0.6) is 5.75 Å². The van der Waals surface area contributed by atoms with E-state index >= 15 is 0 Å². The average Bonchev–Trinajstić information content (AvgIpc) is 3.45. The van der Waals surface area contributed by atoms with E-state index in [1.54, 1.807) is 24.4 Å². The number of hydrogen-bond donors (Lipinski definition) is 4. The maximum absolute atomic E-state index is 13.2. The molecule has 16 nitrogen and oxygen atoms in total. The maximum atomic E-state index is 13.2. The number of nitrogens with zero attached hydrogens (tertiary/aromatic N) is 4. The summed E-state index contributed by atoms with van der Waals surface area (Å²) in [6.07, 6.45) is 6.44. The summed E-state index contributed by atoms with van der Waals surface area (Å²) in [6.45, 7) is 4.93. The van der Waals surface area contributed by atoms with Gasteiger partial charge in [-0.15, -0.1) is 0 Å². The van der Waals surface area contributed by atoms with Crippen molar-refractivity contribution < 1.29 is 38.1 Å². The van der Waals surface area contributed by atoms with Crippen molar-refractivity contribution in [1.82, 2.24) is 25.1 Å². The third-order valence-electron chi connectivity index (χ3n) is 10.0. The minimum Gasteiger partial charge on any atom is -0.491 e. The fourth-order valence-corrected chi connectivity index (χ4v) is 6.99. The van der Waals surface area contributed by atoms with Gasteiger partial charge in [-0.2, -0.15) is 4.98 Å². The van der Waals surface area contributed by atoms with Crippen molar-refractivity contribution in [3.63, 3.8) is 0 Å². The molecule has 2 aliphatic heterocycles. The highest BCUT2D eigenvalue weighted by Crippen LogP contribution is 2.32. The zero-order valence-electron chi connectivity index (χ0n) is 32.2. The van der Waals surface area contributed by atoms with Crippen LogP contribution < -0.4 is 26.0 Å². The monoisotopic (exact) mass is 850 g/mol. The van der Waals surface area contributed by atoms with Crippen molar-refractivity contribution in [2.75, 3.05) is 95.4 Å². The number of anilines is 4. The van der Waals surface area contributed by atoms with Crippen LogP contribution in [0.2, 0.25) is 0 Å². The molecule has 57 heavy (non-hydrogen) atoms. The molecule has 3 heterocycles. The molecule has 0 radical (unpaired) electrons. The Morgan fingerprint density at radius 2 is 1.65 bits per heavy atom. The topological polar surface area (TPSA) is 186 Å². The lowest BCUT2D eigenvalue weighted by Gasteiger charge is -2.29. The van der Waals surface area contributed by atoms with Crippen LogP contribution in [-0.2, 0) is 23.8 Å². The molecular formula is C40H51BrN8O8. The molecule has 1 atom stereocenters. The first-order valence-corrected chi connectivity index (χ1v) is 20.3. The highest BCUT2D eigenvalue weighted by molar-refractivity contribution is 9.10. The van der Waals surface area contributed by atoms with Gasteiger partial charge in [-0.1, -0.05) is 12.5 Å². The van der Waals surface area contributed by atoms with Crippen LogP contribution in [0.3, 0.4) is 0 Å². The van der Waals surface area contributed by atoms with Gasteiger partial charge < -0.3 is 45.1 Å². The van der Waals surface area contributed by atoms with Gasteiger partial charge in [-0.25, -0.2) is 4.98 Å². The lowest BCUT2D eigenvalue weighted by molar-refractivity contribution is -0.136. The summed E-state index contributed by atoms with van der Waals surface area (Å²) in [4.78, 5) is 62.2. The summed E-state index contributed by atoms with van der Waals surface area (Å²) < 4.78 is 23.4. The standard InChI is InChI=1S/C40H51BrN8O8/c1-48(37(51)27-5-2-6-27)17-4-15-43-36-32(41)26-45-40(47-36)46-28-9-12-30(13-10-28)57-24-23-56-22-21-55-20-19-54-18-16-42-33-8-3-7-31-35(33)39(53)49(38(31)52)29-11-14-34(50)44-25-29/h3,7-10,12-13,26-27,29,42H,2,4-6,11,14-25H2,1H3,(H,44,50)(H2,43,45,46,47). The fraction of sp³-hybridized carbons (Fsp3) is 0.500. The summed E-state index contributed by atoms with van der Waals surface area (Å²) in [5.74, 6) is 1.57. The number of amides is 4. The number of halogens is 1. The van der Waals surface area contributed by atoms with Gasteiger partial charge >= 0.3 is 0 Å². The van der Waals surface area contributed by atoms with E-state index in [0.717, 1.165) is 35.8 Å². The summed E-state index contributed by atoms with van der Waals surface area (Å²) in [5, 5.41) is 12.5. The molecule has 3 aromatic rings. The predicted octanol–water partition coefficient (Wildman–Crippen LogP) is 4.46. The number of fused-ring (bicyclic) bond motifs is 1. The lowest BCUT2D eigenvalue weighted by atomic mass is 9.84. The Morgan fingerprint density at radius 1 is 0.912 bits per heavy atom. The van der Waals surface area contributed by atoms with Gasteiger partial charge in [0, 0.05) is 63.1 Å². The van der Waals surface area contributed by atoms with Gasteiger partial charge in [-0.3, -0.25) is 24.1 Å². The Balaban J connectivity index is 0.778. The number of piperidine rings is 1. The van der Waals surface area contributed by atoms with E-state index in [1.807, 2.05) is 36.2 Å². The predicted molar refractivity (Wildman–Crippen MR) is 217 cm³/mol. The van der Waals surface area contributed by atoms with E-state index in [0.29, 0.717) is 113 Å². The number of imide groups is 1. The smallest absolute Gasteiger partial charge is 0.263 e. The van der Waals surface area contributed by atoms with Crippen LogP contribution in [-0.4, -0.2) is 129 Å². The molecule has 306 valence electrons. The maximum Gasteiger partial charge on any atom is 0.263 e. The average molecular weight is 852 g/mol. The van der Waals surface area contributed by atoms with E-state index in [4.69, 9.17) is 18.9 Å². The largest absolute Gasteiger partial charge is 0.491 e. The zero-order valence-corrected chi connectivity index (χ0v) is 33.8. The van der Waals surface area contributed by atoms with E-state index in [1.165, 1.54) is 4.90 Å². The van der Waals surface area contributed by atoms with Gasteiger partial charge in [0.15, 0.2) is 0 Å². The van der Waals surface area contributed by atoms with E-state index < -0.39 is 0 Å². The number of carbonyl (C=O) groups excluding carboxylic acids is 4. The molecule has 2 fully saturated rings. The van der Waals surface area contributed by atoms with Crippen LogP contribution >= 0.6 is 15.9 Å². The molecule has 1 unspecified atom stereocenters. The molecule has 17 heteroatoms. The molecule has 4 N–H and O–H groups in total. The number of nitrogens with one attached hydrogen (secondary N) is 4. The minimum absolute atomic E-state index is 0.0670. The minimum atomic E-state index is -0.345. The van der Waals surface area contributed by atoms with Gasteiger partial charge in [0.25, 0.3) is 11.8 Å². The first-order chi connectivity index (χ1) is 27.8. The number of benzene rings is 2. The number of hydrogen-bond acceptors (Lipinski definition) is 13. The summed E-state index contributed by atoms with van der Waals surface area (Å²) in [5.41, 5.74) is 2.13. The SMILES string of the molecule is CN(CCCNc1nc(Nc2ccc(OCCOCCOCCOCCNc3cccc4c3C(=O)N(C3CCC(=O)NC3)C4=O)cc2)ncc1Br)C(=O)C1CCC1. The Bertz CT molecular complexity index is 1840. The quantitative estimate of drug-likeness (QED) is 0.0776. The molecule has 1 aliphatic carbocycles. The van der Waals surface area contributed by atoms with Gasteiger partial charge in [0.1, 0.15) is 18.2 Å². The van der Waals surface area contributed by atoms with Crippen molar-refractivity contribution in [1.29, 1.82) is 0 Å². The highest BCUT2D eigenvalue weighted by atomic mass is 79.9. The van der Waals surface area contributed by atoms with Crippen LogP contribution in [0.25, 0.3) is 0 Å². The molecule has 1 aromatic heterocycles. The molecule has 1 saturated heterocycles. The second-order valence-electron chi connectivity index (χ2n) is 14.0. The van der Waals surface area contributed by atoms with Crippen molar-refractivity contribution in [2.45, 2.75) is 44.6 Å². The first kappa shape index (κ1) is 41.8. The number of carbonyl (C=O) groups is 4. The first-order valence-electron chi connectivity index (χ1n) is 19.5. The Kier molecular flexibility index (Phi) is 15.4. The van der Waals surface area contributed by atoms with Gasteiger partial charge in [0.2, 0.25) is 17.8 Å². The van der Waals surface area contributed by atoms with Crippen LogP contribution in [0.1, 0.15) is 59.2 Å². The number of aromatic nitrogens is 2. The summed E-state index contributed by atoms with van der Waals surface area (Å²) in [7, 11) is 1.88. The molecular weight excluding hydrogens is 800 g/mol. The molecule has 0 bridgehead atoms. The summed E-state index contributed by atoms with van der Waals surface area (Å²) in [6, 6.07) is 12.3. The molecule has 0 spiro atoms. The van der Waals surface area contributed by atoms with Crippen LogP contribution in [0, 0.1) is 5.92 Å². The Hall–Kier alpha value is -4.84. The highest BCUT2D eigenvalue weighted by Gasteiger charge is 2.42. The Morgan fingerprint density at radius 3 is 2.35 bits per heavy atom. The van der Waals surface area contributed by atoms with Crippen molar-refractivity contribution in [3.8, 4) is 5.75 Å². The van der Waals surface area contributed by atoms with E-state index in [9.17, 15) is 19.2 Å². The third-order valence-corrected chi connectivity index (χ3v) is 10.6. The second kappa shape index (κ2) is 21.1. The van der Waals surface area contributed by atoms with Crippen LogP contribution in [0.4, 0.5) is 23.1 Å². The normalized spacial score (nSPS) is 16.5. The lowest BCUT2D eigenvalue weighted by Crippen LogP contribution is -2.50. The van der Waals surface area contributed by atoms with Crippen molar-refractivity contribution >= 4 is 62.7 Å². The van der Waals surface area contributed by atoms with Crippen molar-refractivity contribution in [2.24, 2.45) is 5.92 Å². The van der Waals surface area contributed by atoms with Crippen LogP contribution in [0.15, 0.2) is 53.1 Å². The Labute approximate surface area is 340 Å². The molecule has 4 amide bonds. The fourth-order valence-electron chi connectivity index (χ4n) is 6.66. The number of rotatable bonds is 23. The van der Waals surface area contributed by atoms with Gasteiger partial charge in [-0.05, 0) is 78.0 Å². The third kappa shape index (κ3) is 11.6. The molecule has 3 aliphatic rings. The molecule has 1 saturated carbocycles. The number of ether oxygens (including phenoxy) is 4. The van der Waals surface area contributed by atoms with E-state index in [-0.39, 0.29) is 42.1 Å². The summed E-state index contributed by atoms with van der Waals surface area (Å²) >= 11 is 3.51.